The van der Waals surface area contributed by atoms with E-state index in [4.69, 9.17) is 14.2 Å². The van der Waals surface area contributed by atoms with Crippen LogP contribution >= 0.6 is 0 Å². The minimum atomic E-state index is -0.752. The van der Waals surface area contributed by atoms with E-state index in [0.717, 1.165) is 0 Å². The molecule has 174 valence electrons. The number of nitrogens with one attached hydrogen (secondary N) is 1. The van der Waals surface area contributed by atoms with Crippen LogP contribution in [0.15, 0.2) is 36.4 Å². The first-order valence-electron chi connectivity index (χ1n) is 9.97. The summed E-state index contributed by atoms with van der Waals surface area (Å²) in [5, 5.41) is 13.5. The van der Waals surface area contributed by atoms with Crippen molar-refractivity contribution in [3.63, 3.8) is 0 Å². The molecule has 1 fully saturated rings. The van der Waals surface area contributed by atoms with Crippen molar-refractivity contribution in [2.75, 3.05) is 37.6 Å². The maximum atomic E-state index is 12.5. The van der Waals surface area contributed by atoms with E-state index in [9.17, 15) is 24.5 Å². The van der Waals surface area contributed by atoms with Gasteiger partial charge in [0.1, 0.15) is 11.5 Å². The van der Waals surface area contributed by atoms with E-state index in [2.05, 4.69) is 5.32 Å². The number of rotatable bonds is 8. The first-order chi connectivity index (χ1) is 15.7. The van der Waals surface area contributed by atoms with Gasteiger partial charge in [-0.05, 0) is 25.1 Å². The van der Waals surface area contributed by atoms with Gasteiger partial charge in [-0.3, -0.25) is 24.5 Å². The molecule has 0 spiro atoms. The molecule has 33 heavy (non-hydrogen) atoms. The summed E-state index contributed by atoms with van der Waals surface area (Å²) in [7, 11) is 2.98. The van der Waals surface area contributed by atoms with Crippen LogP contribution in [0.3, 0.4) is 0 Å². The highest BCUT2D eigenvalue weighted by Gasteiger charge is 2.37. The van der Waals surface area contributed by atoms with Gasteiger partial charge in [0, 0.05) is 36.3 Å². The molecule has 0 unspecified atom stereocenters. The second kappa shape index (κ2) is 9.98. The number of anilines is 2. The highest BCUT2D eigenvalue weighted by atomic mass is 16.6. The number of carbonyl (C=O) groups is 3. The molecule has 1 saturated heterocycles. The molecule has 1 aliphatic heterocycles. The van der Waals surface area contributed by atoms with E-state index in [1.807, 2.05) is 0 Å². The molecule has 11 heteroatoms. The number of benzene rings is 2. The summed E-state index contributed by atoms with van der Waals surface area (Å²) >= 11 is 0. The van der Waals surface area contributed by atoms with Crippen LogP contribution in [0.4, 0.5) is 17.1 Å². The van der Waals surface area contributed by atoms with Gasteiger partial charge in [0.05, 0.1) is 30.7 Å². The molecule has 1 heterocycles. The van der Waals surface area contributed by atoms with Gasteiger partial charge in [0.15, 0.2) is 6.61 Å². The molecule has 0 aromatic heterocycles. The van der Waals surface area contributed by atoms with Crippen molar-refractivity contribution >= 4 is 34.8 Å². The van der Waals surface area contributed by atoms with Gasteiger partial charge in [0.25, 0.3) is 11.6 Å². The second-order valence-corrected chi connectivity index (χ2v) is 7.36. The summed E-state index contributed by atoms with van der Waals surface area (Å²) < 4.78 is 15.5. The first kappa shape index (κ1) is 23.5. The smallest absolute Gasteiger partial charge is 0.311 e. The van der Waals surface area contributed by atoms with Gasteiger partial charge in [0.2, 0.25) is 5.91 Å². The summed E-state index contributed by atoms with van der Waals surface area (Å²) in [4.78, 5) is 49.0. The van der Waals surface area contributed by atoms with Gasteiger partial charge < -0.3 is 24.4 Å². The van der Waals surface area contributed by atoms with Gasteiger partial charge in [-0.2, -0.15) is 0 Å². The minimum absolute atomic E-state index is 0.0697. The normalized spacial score (nSPS) is 15.2. The van der Waals surface area contributed by atoms with Crippen LogP contribution in [-0.4, -0.2) is 50.1 Å². The zero-order valence-electron chi connectivity index (χ0n) is 18.3. The number of hydrogen-bond donors (Lipinski definition) is 1. The fourth-order valence-corrected chi connectivity index (χ4v) is 3.44. The number of ether oxygens (including phenoxy) is 3. The van der Waals surface area contributed by atoms with Crippen LogP contribution in [0, 0.1) is 23.0 Å². The average Bonchev–Trinajstić information content (AvgIpc) is 3.19. The average molecular weight is 457 g/mol. The Morgan fingerprint density at radius 1 is 1.18 bits per heavy atom. The van der Waals surface area contributed by atoms with Crippen LogP contribution in [-0.2, 0) is 19.1 Å². The van der Waals surface area contributed by atoms with Crippen molar-refractivity contribution in [2.45, 2.75) is 13.3 Å². The number of nitro groups is 1. The lowest BCUT2D eigenvalue weighted by atomic mass is 10.1. The summed E-state index contributed by atoms with van der Waals surface area (Å²) in [6.45, 7) is 1.07. The Hall–Kier alpha value is -4.15. The third kappa shape index (κ3) is 5.37. The molecule has 0 aliphatic carbocycles. The molecule has 0 radical (unpaired) electrons. The maximum absolute atomic E-state index is 12.5. The SMILES string of the molecule is COc1ccc(N2C[C@H](C(=O)OCC(=O)Nc3ccc(C)c([N+](=O)[O-])c3)CC2=O)c(OC)c1. The molecular formula is C22H23N3O8. The largest absolute Gasteiger partial charge is 0.497 e. The lowest BCUT2D eigenvalue weighted by molar-refractivity contribution is -0.385. The van der Waals surface area contributed by atoms with Crippen molar-refractivity contribution < 1.29 is 33.5 Å². The monoisotopic (exact) mass is 457 g/mol. The predicted molar refractivity (Wildman–Crippen MR) is 117 cm³/mol. The standard InChI is InChI=1S/C22H23N3O8/c1-13-4-5-15(9-18(13)25(29)30)23-20(26)12-33-22(28)14-8-21(27)24(11-14)17-7-6-16(31-2)10-19(17)32-3/h4-7,9-10,14H,8,11-12H2,1-3H3,(H,23,26)/t14-/m1/s1. The predicted octanol–water partition coefficient (Wildman–Crippen LogP) is 2.46. The quantitative estimate of drug-likeness (QED) is 0.363. The molecule has 1 atom stereocenters. The fraction of sp³-hybridized carbons (Fsp3) is 0.318. The summed E-state index contributed by atoms with van der Waals surface area (Å²) in [6, 6.07) is 9.22. The lowest BCUT2D eigenvalue weighted by Gasteiger charge is -2.20. The third-order valence-electron chi connectivity index (χ3n) is 5.17. The van der Waals surface area contributed by atoms with Gasteiger partial charge in [-0.25, -0.2) is 0 Å². The Bertz CT molecular complexity index is 1100. The molecule has 2 aromatic rings. The van der Waals surface area contributed by atoms with Crippen LogP contribution in [0.5, 0.6) is 11.5 Å². The lowest BCUT2D eigenvalue weighted by Crippen LogP contribution is -2.28. The van der Waals surface area contributed by atoms with Crippen molar-refractivity contribution in [3.05, 3.63) is 52.1 Å². The molecule has 0 bridgehead atoms. The van der Waals surface area contributed by atoms with E-state index in [-0.39, 0.29) is 30.2 Å². The van der Waals surface area contributed by atoms with Crippen LogP contribution in [0.25, 0.3) is 0 Å². The molecule has 3 rings (SSSR count). The zero-order valence-corrected chi connectivity index (χ0v) is 18.3. The Morgan fingerprint density at radius 2 is 1.94 bits per heavy atom. The van der Waals surface area contributed by atoms with Crippen LogP contribution in [0.2, 0.25) is 0 Å². The molecule has 11 nitrogen and oxygen atoms in total. The molecule has 1 aliphatic rings. The Morgan fingerprint density at radius 3 is 2.61 bits per heavy atom. The van der Waals surface area contributed by atoms with Gasteiger partial charge in [-0.1, -0.05) is 6.07 Å². The topological polar surface area (TPSA) is 137 Å². The maximum Gasteiger partial charge on any atom is 0.311 e. The molecular weight excluding hydrogens is 434 g/mol. The van der Waals surface area contributed by atoms with Crippen molar-refractivity contribution in [2.24, 2.45) is 5.92 Å². The van der Waals surface area contributed by atoms with Crippen LogP contribution in [0.1, 0.15) is 12.0 Å². The van der Waals surface area contributed by atoms with Gasteiger partial charge in [-0.15, -0.1) is 0 Å². The first-order valence-corrected chi connectivity index (χ1v) is 9.97. The fourth-order valence-electron chi connectivity index (χ4n) is 3.44. The Labute approximate surface area is 189 Å². The number of amides is 2. The zero-order chi connectivity index (χ0) is 24.1. The summed E-state index contributed by atoms with van der Waals surface area (Å²) in [5.41, 5.74) is 1.02. The third-order valence-corrected chi connectivity index (χ3v) is 5.17. The summed E-state index contributed by atoms with van der Waals surface area (Å²) in [5.74, 6) is -1.40. The van der Waals surface area contributed by atoms with Crippen molar-refractivity contribution in [1.29, 1.82) is 0 Å². The Balaban J connectivity index is 1.58. The van der Waals surface area contributed by atoms with Crippen LogP contribution < -0.4 is 19.7 Å². The number of aryl methyl sites for hydroxylation is 1. The van der Waals surface area contributed by atoms with E-state index in [1.54, 1.807) is 25.1 Å². The second-order valence-electron chi connectivity index (χ2n) is 7.36. The van der Waals surface area contributed by atoms with E-state index in [1.165, 1.54) is 37.3 Å². The minimum Gasteiger partial charge on any atom is -0.497 e. The van der Waals surface area contributed by atoms with E-state index in [0.29, 0.717) is 22.7 Å². The number of carbonyl (C=O) groups excluding carboxylic acids is 3. The number of methoxy groups -OCH3 is 2. The van der Waals surface area contributed by atoms with E-state index < -0.39 is 29.3 Å². The highest BCUT2D eigenvalue weighted by Crippen LogP contribution is 2.36. The van der Waals surface area contributed by atoms with E-state index >= 15 is 0 Å². The number of esters is 1. The number of nitrogens with zero attached hydrogens (tertiary/aromatic N) is 2. The van der Waals surface area contributed by atoms with Gasteiger partial charge >= 0.3 is 5.97 Å². The number of nitro benzene ring substituents is 1. The molecule has 1 N–H and O–H groups in total. The van der Waals surface area contributed by atoms with Crippen molar-refractivity contribution in [3.8, 4) is 11.5 Å². The molecule has 2 aromatic carbocycles. The summed E-state index contributed by atoms with van der Waals surface area (Å²) in [6.07, 6.45) is -0.0697. The van der Waals surface area contributed by atoms with Crippen molar-refractivity contribution in [1.82, 2.24) is 0 Å². The number of hydrogen-bond acceptors (Lipinski definition) is 8. The highest BCUT2D eigenvalue weighted by molar-refractivity contribution is 6.01. The Kier molecular flexibility index (Phi) is 7.11. The molecule has 2 amide bonds. The molecule has 0 saturated carbocycles.